The molecule has 0 aromatic carbocycles. The molecule has 0 bridgehead atoms. The van der Waals surface area contributed by atoms with Gasteiger partial charge in [-0.1, -0.05) is 20.3 Å². The van der Waals surface area contributed by atoms with Gasteiger partial charge in [-0.05, 0) is 26.3 Å². The predicted molar refractivity (Wildman–Crippen MR) is 49.8 cm³/mol. The van der Waals surface area contributed by atoms with Crippen LogP contribution in [-0.2, 0) is 4.79 Å². The fraction of sp³-hybridized carbons (Fsp3) is 0.889. The Balaban J connectivity index is 0. The molecule has 1 aliphatic rings. The summed E-state index contributed by atoms with van der Waals surface area (Å²) in [6, 6.07) is 0.166. The Morgan fingerprint density at radius 3 is 2.36 bits per heavy atom. The van der Waals surface area contributed by atoms with E-state index in [0.717, 1.165) is 13.0 Å². The molecule has 1 saturated heterocycles. The monoisotopic (exact) mass is 159 g/mol. The number of piperidine rings is 1. The highest BCUT2D eigenvalue weighted by atomic mass is 16.1. The third kappa shape index (κ3) is 4.14. The molecule has 0 aromatic rings. The molecule has 1 heterocycles. The van der Waals surface area contributed by atoms with Crippen molar-refractivity contribution in [1.82, 2.24) is 5.32 Å². The van der Waals surface area contributed by atoms with Crippen LogP contribution in [0.3, 0.4) is 0 Å². The Morgan fingerprint density at radius 2 is 2.09 bits per heavy atom. The molecule has 1 atom stereocenters. The summed E-state index contributed by atoms with van der Waals surface area (Å²) in [6.07, 6.45) is 3.47. The number of carbonyl (C=O) groups is 1. The average Bonchev–Trinajstić information content (AvgIpc) is 2.10. The fourth-order valence-electron chi connectivity index (χ4n) is 1.20. The SMILES string of the molecule is CC.CC(=O)[C@@H]1CCCCN1.[HH]. The molecule has 0 aromatic heterocycles. The van der Waals surface area contributed by atoms with Crippen LogP contribution in [0.15, 0.2) is 0 Å². The van der Waals surface area contributed by atoms with E-state index in [9.17, 15) is 4.79 Å². The number of hydrogen-bond acceptors (Lipinski definition) is 2. The summed E-state index contributed by atoms with van der Waals surface area (Å²) in [5.74, 6) is 0.287. The third-order valence-corrected chi connectivity index (χ3v) is 1.80. The first kappa shape index (κ1) is 10.6. The highest BCUT2D eigenvalue weighted by Gasteiger charge is 2.15. The van der Waals surface area contributed by atoms with Gasteiger partial charge in [-0.25, -0.2) is 0 Å². The zero-order valence-electron chi connectivity index (χ0n) is 7.81. The number of rotatable bonds is 1. The molecule has 1 N–H and O–H groups in total. The molecule has 2 nitrogen and oxygen atoms in total. The van der Waals surface area contributed by atoms with E-state index in [4.69, 9.17) is 0 Å². The van der Waals surface area contributed by atoms with Crippen LogP contribution in [0.2, 0.25) is 0 Å². The summed E-state index contributed by atoms with van der Waals surface area (Å²) >= 11 is 0. The van der Waals surface area contributed by atoms with Crippen LogP contribution >= 0.6 is 0 Å². The molecule has 68 valence electrons. The second-order valence-electron chi connectivity index (χ2n) is 2.61. The van der Waals surface area contributed by atoms with E-state index in [2.05, 4.69) is 5.32 Å². The van der Waals surface area contributed by atoms with Gasteiger partial charge in [-0.2, -0.15) is 0 Å². The van der Waals surface area contributed by atoms with Gasteiger partial charge in [0.05, 0.1) is 6.04 Å². The van der Waals surface area contributed by atoms with E-state index < -0.39 is 0 Å². The smallest absolute Gasteiger partial charge is 0.146 e. The zero-order valence-corrected chi connectivity index (χ0v) is 7.81. The predicted octanol–water partition coefficient (Wildman–Crippen LogP) is 1.99. The maximum Gasteiger partial charge on any atom is 0.146 e. The largest absolute Gasteiger partial charge is 0.307 e. The standard InChI is InChI=1S/C7H13NO.C2H6.H2/c1-6(9)7-4-2-3-5-8-7;1-2;/h7-8H,2-5H2,1H3;1-2H3;1H/t7-;;/m0../s1. The maximum atomic E-state index is 10.7. The second kappa shape index (κ2) is 6.35. The molecule has 2 heteroatoms. The lowest BCUT2D eigenvalue weighted by atomic mass is 10.0. The molecular formula is C9H21NO. The first-order valence-electron chi connectivity index (χ1n) is 4.54. The van der Waals surface area contributed by atoms with Crippen LogP contribution < -0.4 is 5.32 Å². The molecular weight excluding hydrogens is 138 g/mol. The lowest BCUT2D eigenvalue weighted by Gasteiger charge is -2.20. The average molecular weight is 159 g/mol. The highest BCUT2D eigenvalue weighted by Crippen LogP contribution is 2.06. The number of hydrogen-bond donors (Lipinski definition) is 1. The summed E-state index contributed by atoms with van der Waals surface area (Å²) < 4.78 is 0. The number of carbonyl (C=O) groups excluding carboxylic acids is 1. The van der Waals surface area contributed by atoms with Crippen molar-refractivity contribution < 1.29 is 6.22 Å². The minimum Gasteiger partial charge on any atom is -0.307 e. The molecule has 0 radical (unpaired) electrons. The topological polar surface area (TPSA) is 29.1 Å². The summed E-state index contributed by atoms with van der Waals surface area (Å²) in [7, 11) is 0. The van der Waals surface area contributed by atoms with Crippen LogP contribution in [0.1, 0.15) is 41.5 Å². The van der Waals surface area contributed by atoms with Gasteiger partial charge in [0.2, 0.25) is 0 Å². The van der Waals surface area contributed by atoms with E-state index in [1.54, 1.807) is 6.92 Å². The van der Waals surface area contributed by atoms with Gasteiger partial charge in [0.1, 0.15) is 5.78 Å². The molecule has 0 amide bonds. The summed E-state index contributed by atoms with van der Waals surface area (Å²) in [6.45, 7) is 6.67. The quantitative estimate of drug-likeness (QED) is 0.634. The van der Waals surface area contributed by atoms with E-state index in [1.807, 2.05) is 13.8 Å². The van der Waals surface area contributed by atoms with Crippen LogP contribution in [0.5, 0.6) is 0 Å². The molecule has 0 saturated carbocycles. The van der Waals surface area contributed by atoms with Crippen LogP contribution in [0.25, 0.3) is 0 Å². The molecule has 1 rings (SSSR count). The van der Waals surface area contributed by atoms with Crippen molar-refractivity contribution in [2.24, 2.45) is 0 Å². The Hall–Kier alpha value is -0.370. The van der Waals surface area contributed by atoms with Crippen molar-refractivity contribution in [1.29, 1.82) is 0 Å². The van der Waals surface area contributed by atoms with Crippen molar-refractivity contribution in [2.45, 2.75) is 46.1 Å². The lowest BCUT2D eigenvalue weighted by Crippen LogP contribution is -2.38. The Labute approximate surface area is 70.9 Å². The summed E-state index contributed by atoms with van der Waals surface area (Å²) in [5.41, 5.74) is 0. The Morgan fingerprint density at radius 1 is 1.45 bits per heavy atom. The van der Waals surface area contributed by atoms with Crippen molar-refractivity contribution in [2.75, 3.05) is 6.54 Å². The Kier molecular flexibility index (Phi) is 6.13. The van der Waals surface area contributed by atoms with Gasteiger partial charge in [0.25, 0.3) is 0 Å². The highest BCUT2D eigenvalue weighted by molar-refractivity contribution is 5.81. The minimum atomic E-state index is 0. The van der Waals surface area contributed by atoms with Gasteiger partial charge in [0, 0.05) is 1.43 Å². The van der Waals surface area contributed by atoms with Gasteiger partial charge in [0.15, 0.2) is 0 Å². The number of nitrogens with one attached hydrogen (secondary N) is 1. The molecule has 11 heavy (non-hydrogen) atoms. The fourth-order valence-corrected chi connectivity index (χ4v) is 1.20. The number of Topliss-reactive ketones (excluding diaryl/α,β-unsaturated/α-hetero) is 1. The summed E-state index contributed by atoms with van der Waals surface area (Å²) in [4.78, 5) is 10.7. The van der Waals surface area contributed by atoms with Gasteiger partial charge in [-0.15, -0.1) is 0 Å². The zero-order chi connectivity index (χ0) is 8.69. The third-order valence-electron chi connectivity index (χ3n) is 1.80. The van der Waals surface area contributed by atoms with Crippen molar-refractivity contribution in [3.63, 3.8) is 0 Å². The normalized spacial score (nSPS) is 23.4. The van der Waals surface area contributed by atoms with Crippen molar-refractivity contribution in [3.05, 3.63) is 0 Å². The minimum absolute atomic E-state index is 0. The van der Waals surface area contributed by atoms with E-state index >= 15 is 0 Å². The van der Waals surface area contributed by atoms with E-state index in [0.29, 0.717) is 0 Å². The van der Waals surface area contributed by atoms with Crippen molar-refractivity contribution in [3.8, 4) is 0 Å². The molecule has 0 aliphatic carbocycles. The number of ketones is 1. The second-order valence-corrected chi connectivity index (χ2v) is 2.61. The van der Waals surface area contributed by atoms with Crippen LogP contribution in [0.4, 0.5) is 0 Å². The molecule has 0 unspecified atom stereocenters. The van der Waals surface area contributed by atoms with E-state index in [-0.39, 0.29) is 13.3 Å². The molecule has 1 aliphatic heterocycles. The van der Waals surface area contributed by atoms with E-state index in [1.165, 1.54) is 12.8 Å². The lowest BCUT2D eigenvalue weighted by molar-refractivity contribution is -0.119. The summed E-state index contributed by atoms with van der Waals surface area (Å²) in [5, 5.41) is 3.17. The van der Waals surface area contributed by atoms with Crippen molar-refractivity contribution >= 4 is 5.78 Å². The Bertz CT molecular complexity index is 111. The first-order chi connectivity index (χ1) is 5.30. The first-order valence-corrected chi connectivity index (χ1v) is 4.54. The molecule has 0 spiro atoms. The van der Waals surface area contributed by atoms with Gasteiger partial charge in [-0.3, -0.25) is 4.79 Å². The maximum absolute atomic E-state index is 10.7. The van der Waals surface area contributed by atoms with Gasteiger partial charge < -0.3 is 5.32 Å². The molecule has 1 fully saturated rings. The van der Waals surface area contributed by atoms with Gasteiger partial charge >= 0.3 is 0 Å². The van der Waals surface area contributed by atoms with Crippen LogP contribution in [-0.4, -0.2) is 18.4 Å². The van der Waals surface area contributed by atoms with Crippen LogP contribution in [0, 0.1) is 0 Å².